The van der Waals surface area contributed by atoms with Crippen LogP contribution in [-0.2, 0) is 11.8 Å². The molecule has 7 heteroatoms. The van der Waals surface area contributed by atoms with Gasteiger partial charge < -0.3 is 0 Å². The first-order valence-corrected chi connectivity index (χ1v) is 9.82. The van der Waals surface area contributed by atoms with Crippen molar-refractivity contribution in [3.05, 3.63) is 82.1 Å². The predicted molar refractivity (Wildman–Crippen MR) is 112 cm³/mol. The number of fused-ring (bicyclic) bond motifs is 2. The molecule has 2 aromatic heterocycles. The zero-order valence-electron chi connectivity index (χ0n) is 14.0. The highest BCUT2D eigenvalue weighted by Crippen LogP contribution is 2.19. The van der Waals surface area contributed by atoms with Crippen molar-refractivity contribution < 1.29 is 9.94 Å². The van der Waals surface area contributed by atoms with Gasteiger partial charge in [0.05, 0.1) is 15.9 Å². The molecule has 0 amide bonds. The quantitative estimate of drug-likeness (QED) is 0.223. The molecule has 0 atom stereocenters. The molecule has 138 valence electrons. The minimum atomic E-state index is 0.452. The summed E-state index contributed by atoms with van der Waals surface area (Å²) in [6.07, 6.45) is 3.09. The maximum absolute atomic E-state index is 9.51. The minimum absolute atomic E-state index is 0.452. The molecule has 27 heavy (non-hydrogen) atoms. The summed E-state index contributed by atoms with van der Waals surface area (Å²) < 4.78 is 1.01. The Labute approximate surface area is 176 Å². The second-order valence-corrected chi connectivity index (χ2v) is 7.25. The van der Waals surface area contributed by atoms with Crippen LogP contribution in [0.25, 0.3) is 21.8 Å². The van der Waals surface area contributed by atoms with Crippen molar-refractivity contribution in [2.24, 2.45) is 0 Å². The minimum Gasteiger partial charge on any atom is -0.284 e. The Morgan fingerprint density at radius 3 is 2.15 bits per heavy atom. The Hall–Kier alpha value is -1.78. The summed E-state index contributed by atoms with van der Waals surface area (Å²) in [5.41, 5.74) is 3.74. The number of nitrogens with zero attached hydrogens (tertiary/aromatic N) is 2. The number of aromatic nitrogens is 2. The Morgan fingerprint density at radius 2 is 1.44 bits per heavy atom. The van der Waals surface area contributed by atoms with E-state index in [9.17, 15) is 5.21 Å². The smallest absolute Gasteiger partial charge is 0.264 e. The number of hydrogen-bond acceptors (Lipinski definition) is 2. The zero-order chi connectivity index (χ0) is 19.4. The lowest BCUT2D eigenvalue weighted by Gasteiger charge is -1.99. The summed E-state index contributed by atoms with van der Waals surface area (Å²) in [6, 6.07) is 15.2. The maximum Gasteiger partial charge on any atom is 0.264 e. The van der Waals surface area contributed by atoms with Gasteiger partial charge in [0.2, 0.25) is 6.20 Å². The highest BCUT2D eigenvalue weighted by molar-refractivity contribution is 6.31. The fourth-order valence-corrected chi connectivity index (χ4v) is 3.33. The first kappa shape index (κ1) is 20.0. The standard InChI is InChI=1S/C10H8Cl2NO.C10H7Cl2N/c11-5-7-1-2-10-8(3-7)4-9(12)6-13(10)14;11-5-7-1-2-10-8(3-7)4-9(12)6-13-10/h1-4,6,14H,5H2;1-4,6H,5H2/q+1;. The largest absolute Gasteiger partial charge is 0.284 e. The van der Waals surface area contributed by atoms with Gasteiger partial charge in [-0.3, -0.25) is 10.2 Å². The maximum atomic E-state index is 9.51. The predicted octanol–water partition coefficient (Wildman–Crippen LogP) is 6.38. The molecular weight excluding hydrogens is 426 g/mol. The summed E-state index contributed by atoms with van der Waals surface area (Å²) in [5.74, 6) is 0.969. The summed E-state index contributed by atoms with van der Waals surface area (Å²) in [4.78, 5) is 4.18. The molecule has 0 bridgehead atoms. The van der Waals surface area contributed by atoms with Crippen LogP contribution in [0.1, 0.15) is 11.1 Å². The lowest BCUT2D eigenvalue weighted by Crippen LogP contribution is -2.30. The van der Waals surface area contributed by atoms with Crippen LogP contribution >= 0.6 is 46.4 Å². The van der Waals surface area contributed by atoms with Gasteiger partial charge in [-0.1, -0.05) is 35.3 Å². The molecule has 0 unspecified atom stereocenters. The summed E-state index contributed by atoms with van der Waals surface area (Å²) in [6.45, 7) is 0. The molecule has 0 aliphatic carbocycles. The van der Waals surface area contributed by atoms with E-state index in [0.717, 1.165) is 32.1 Å². The summed E-state index contributed by atoms with van der Waals surface area (Å²) in [5, 5.41) is 12.6. The number of halogens is 4. The van der Waals surface area contributed by atoms with Crippen LogP contribution in [-0.4, -0.2) is 10.2 Å². The second-order valence-electron chi connectivity index (χ2n) is 5.84. The van der Waals surface area contributed by atoms with Crippen LogP contribution < -0.4 is 4.73 Å². The number of rotatable bonds is 2. The lowest BCUT2D eigenvalue weighted by atomic mass is 10.1. The van der Waals surface area contributed by atoms with Gasteiger partial charge in [-0.15, -0.1) is 23.2 Å². The number of hydrogen-bond donors (Lipinski definition) is 1. The molecule has 0 radical (unpaired) electrons. The molecule has 0 saturated heterocycles. The van der Waals surface area contributed by atoms with Crippen LogP contribution in [0, 0.1) is 0 Å². The van der Waals surface area contributed by atoms with Crippen molar-refractivity contribution in [3.8, 4) is 0 Å². The van der Waals surface area contributed by atoms with E-state index in [2.05, 4.69) is 4.98 Å². The van der Waals surface area contributed by atoms with E-state index in [1.807, 2.05) is 42.5 Å². The van der Waals surface area contributed by atoms with Gasteiger partial charge in [0.15, 0.2) is 0 Å². The molecule has 0 aliphatic rings. The van der Waals surface area contributed by atoms with Crippen molar-refractivity contribution in [2.75, 3.05) is 0 Å². The third-order valence-corrected chi connectivity index (χ3v) is 4.93. The van der Waals surface area contributed by atoms with Crippen LogP contribution in [0.5, 0.6) is 0 Å². The Bertz CT molecular complexity index is 1100. The molecule has 1 N–H and O–H groups in total. The van der Waals surface area contributed by atoms with Crippen LogP contribution in [0.3, 0.4) is 0 Å². The van der Waals surface area contributed by atoms with E-state index >= 15 is 0 Å². The fourth-order valence-electron chi connectivity index (χ4n) is 2.62. The highest BCUT2D eigenvalue weighted by Gasteiger charge is 2.09. The van der Waals surface area contributed by atoms with Gasteiger partial charge in [0, 0.05) is 34.1 Å². The van der Waals surface area contributed by atoms with E-state index in [1.165, 1.54) is 6.20 Å². The van der Waals surface area contributed by atoms with Crippen molar-refractivity contribution in [3.63, 3.8) is 0 Å². The van der Waals surface area contributed by atoms with E-state index < -0.39 is 0 Å². The Kier molecular flexibility index (Phi) is 6.61. The van der Waals surface area contributed by atoms with E-state index in [0.29, 0.717) is 27.3 Å². The average molecular weight is 441 g/mol. The molecule has 0 saturated carbocycles. The highest BCUT2D eigenvalue weighted by atomic mass is 35.5. The van der Waals surface area contributed by atoms with Crippen molar-refractivity contribution in [1.29, 1.82) is 0 Å². The van der Waals surface area contributed by atoms with E-state index in [1.54, 1.807) is 12.3 Å². The van der Waals surface area contributed by atoms with Crippen LogP contribution in [0.4, 0.5) is 0 Å². The summed E-state index contributed by atoms with van der Waals surface area (Å²) in [7, 11) is 0. The van der Waals surface area contributed by atoms with Crippen molar-refractivity contribution in [1.82, 2.24) is 4.98 Å². The average Bonchev–Trinajstić information content (AvgIpc) is 2.67. The molecule has 0 aliphatic heterocycles. The van der Waals surface area contributed by atoms with E-state index in [-0.39, 0.29) is 0 Å². The van der Waals surface area contributed by atoms with Crippen molar-refractivity contribution in [2.45, 2.75) is 11.8 Å². The molecule has 4 aromatic rings. The van der Waals surface area contributed by atoms with Crippen molar-refractivity contribution >= 4 is 68.2 Å². The monoisotopic (exact) mass is 439 g/mol. The lowest BCUT2D eigenvalue weighted by molar-refractivity contribution is -0.884. The van der Waals surface area contributed by atoms with Gasteiger partial charge in [-0.05, 0) is 41.5 Å². The third-order valence-electron chi connectivity index (χ3n) is 3.90. The zero-order valence-corrected chi connectivity index (χ0v) is 17.1. The summed E-state index contributed by atoms with van der Waals surface area (Å²) >= 11 is 23.0. The second kappa shape index (κ2) is 8.94. The van der Waals surface area contributed by atoms with Gasteiger partial charge in [0.1, 0.15) is 5.02 Å². The number of benzene rings is 2. The molecule has 0 fully saturated rings. The van der Waals surface area contributed by atoms with Crippen LogP contribution in [0.15, 0.2) is 60.9 Å². The Morgan fingerprint density at radius 1 is 0.815 bits per heavy atom. The molecule has 0 spiro atoms. The van der Waals surface area contributed by atoms with Crippen LogP contribution in [0.2, 0.25) is 10.0 Å². The Balaban J connectivity index is 0.000000156. The molecule has 2 aromatic carbocycles. The normalized spacial score (nSPS) is 10.7. The number of pyridine rings is 2. The fraction of sp³-hybridized carbons (Fsp3) is 0.100. The topological polar surface area (TPSA) is 37.0 Å². The SMILES string of the molecule is ClCc1ccc2ncc(Cl)cc2c1.O[n+]1cc(Cl)cc2cc(CCl)ccc21. The van der Waals surface area contributed by atoms with Gasteiger partial charge in [-0.25, -0.2) is 0 Å². The first-order valence-electron chi connectivity index (χ1n) is 7.99. The van der Waals surface area contributed by atoms with Gasteiger partial charge in [0.25, 0.3) is 5.52 Å². The van der Waals surface area contributed by atoms with Gasteiger partial charge >= 0.3 is 0 Å². The number of alkyl halides is 2. The molecule has 3 nitrogen and oxygen atoms in total. The first-order chi connectivity index (χ1) is 13.0. The van der Waals surface area contributed by atoms with Gasteiger partial charge in [-0.2, -0.15) is 0 Å². The third kappa shape index (κ3) is 4.94. The molecular formula is C20H15Cl4N2O+. The molecule has 4 rings (SSSR count). The molecule has 2 heterocycles. The van der Waals surface area contributed by atoms with E-state index in [4.69, 9.17) is 46.4 Å².